The number of benzene rings is 1. The number of urea groups is 1. The van der Waals surface area contributed by atoms with Gasteiger partial charge in [0.2, 0.25) is 5.89 Å². The van der Waals surface area contributed by atoms with Gasteiger partial charge in [0.15, 0.2) is 5.76 Å². The number of carbonyl (C=O) groups excluding carboxylic acids is 2. The molecule has 1 aliphatic carbocycles. The van der Waals surface area contributed by atoms with Crippen molar-refractivity contribution in [3.63, 3.8) is 0 Å². The molecule has 0 bridgehead atoms. The molecule has 1 aliphatic heterocycles. The molecular weight excluding hydrogens is 294 g/mol. The van der Waals surface area contributed by atoms with Gasteiger partial charge in [-0.05, 0) is 25.7 Å². The highest BCUT2D eigenvalue weighted by Gasteiger charge is 2.56. The monoisotopic (exact) mass is 311 g/mol. The van der Waals surface area contributed by atoms with Crippen molar-refractivity contribution in [2.45, 2.75) is 31.8 Å². The standard InChI is InChI=1S/C17H17N3O3/c1-17(12-7-8-12)15(21)20(16(22)19-17)10-14-18-9-13(23-14)11-5-3-2-4-6-11/h2-6,9,12H,7-8,10H2,1H3,(H,19,22)/t17-/m1/s1. The number of nitrogens with one attached hydrogen (secondary N) is 1. The lowest BCUT2D eigenvalue weighted by Crippen LogP contribution is -2.46. The van der Waals surface area contributed by atoms with Gasteiger partial charge in [0.05, 0.1) is 6.20 Å². The van der Waals surface area contributed by atoms with Gasteiger partial charge in [0.1, 0.15) is 12.1 Å². The number of hydrogen-bond acceptors (Lipinski definition) is 4. The van der Waals surface area contributed by atoms with Crippen LogP contribution in [0.2, 0.25) is 0 Å². The highest BCUT2D eigenvalue weighted by molar-refractivity contribution is 6.07. The zero-order chi connectivity index (χ0) is 16.0. The molecule has 1 saturated heterocycles. The third-order valence-electron chi connectivity index (χ3n) is 4.60. The Morgan fingerprint density at radius 2 is 2.04 bits per heavy atom. The van der Waals surface area contributed by atoms with E-state index in [1.807, 2.05) is 30.3 Å². The summed E-state index contributed by atoms with van der Waals surface area (Å²) in [6, 6.07) is 9.22. The van der Waals surface area contributed by atoms with Crippen LogP contribution in [0, 0.1) is 5.92 Å². The van der Waals surface area contributed by atoms with E-state index in [0.29, 0.717) is 11.7 Å². The van der Waals surface area contributed by atoms with Crippen molar-refractivity contribution in [1.82, 2.24) is 15.2 Å². The van der Waals surface area contributed by atoms with Gasteiger partial charge in [-0.25, -0.2) is 9.78 Å². The molecule has 4 rings (SSSR count). The van der Waals surface area contributed by atoms with Crippen LogP contribution < -0.4 is 5.32 Å². The first kappa shape index (κ1) is 14.0. The summed E-state index contributed by atoms with van der Waals surface area (Å²) in [6.45, 7) is 1.86. The molecule has 23 heavy (non-hydrogen) atoms. The molecule has 0 spiro atoms. The Balaban J connectivity index is 1.54. The van der Waals surface area contributed by atoms with E-state index in [-0.39, 0.29) is 24.4 Å². The maximum absolute atomic E-state index is 12.6. The average Bonchev–Trinajstić information content (AvgIpc) is 3.28. The number of carbonyl (C=O) groups is 2. The number of hydrogen-bond donors (Lipinski definition) is 1. The second-order valence-electron chi connectivity index (χ2n) is 6.28. The van der Waals surface area contributed by atoms with Crippen molar-refractivity contribution < 1.29 is 14.0 Å². The van der Waals surface area contributed by atoms with E-state index in [1.165, 1.54) is 4.90 Å². The number of nitrogens with zero attached hydrogens (tertiary/aromatic N) is 2. The van der Waals surface area contributed by atoms with Crippen LogP contribution in [0.15, 0.2) is 40.9 Å². The molecule has 118 valence electrons. The molecule has 0 unspecified atom stereocenters. The normalized spacial score (nSPS) is 24.1. The molecule has 2 aliphatic rings. The Labute approximate surface area is 133 Å². The summed E-state index contributed by atoms with van der Waals surface area (Å²) < 4.78 is 5.69. The summed E-state index contributed by atoms with van der Waals surface area (Å²) >= 11 is 0. The quantitative estimate of drug-likeness (QED) is 0.881. The first-order chi connectivity index (χ1) is 11.1. The highest BCUT2D eigenvalue weighted by Crippen LogP contribution is 2.42. The van der Waals surface area contributed by atoms with Gasteiger partial charge in [-0.3, -0.25) is 9.69 Å². The van der Waals surface area contributed by atoms with E-state index in [4.69, 9.17) is 4.42 Å². The lowest BCUT2D eigenvalue weighted by Gasteiger charge is -2.20. The highest BCUT2D eigenvalue weighted by atomic mass is 16.4. The molecule has 3 amide bonds. The zero-order valence-corrected chi connectivity index (χ0v) is 12.8. The van der Waals surface area contributed by atoms with Gasteiger partial charge < -0.3 is 9.73 Å². The van der Waals surface area contributed by atoms with Crippen molar-refractivity contribution in [2.24, 2.45) is 5.92 Å². The van der Waals surface area contributed by atoms with Crippen LogP contribution in [-0.4, -0.2) is 27.4 Å². The molecule has 2 fully saturated rings. The maximum Gasteiger partial charge on any atom is 0.325 e. The van der Waals surface area contributed by atoms with Crippen LogP contribution in [0.25, 0.3) is 11.3 Å². The third kappa shape index (κ3) is 2.30. The van der Waals surface area contributed by atoms with Crippen LogP contribution in [0.5, 0.6) is 0 Å². The Morgan fingerprint density at radius 1 is 1.30 bits per heavy atom. The summed E-state index contributed by atoms with van der Waals surface area (Å²) in [7, 11) is 0. The Bertz CT molecular complexity index is 766. The summed E-state index contributed by atoms with van der Waals surface area (Å²) in [5.41, 5.74) is 0.137. The Kier molecular flexibility index (Phi) is 3.01. The topological polar surface area (TPSA) is 75.4 Å². The smallest absolute Gasteiger partial charge is 0.325 e. The minimum absolute atomic E-state index is 0.0554. The minimum Gasteiger partial charge on any atom is -0.439 e. The lowest BCUT2D eigenvalue weighted by molar-refractivity contribution is -0.132. The van der Waals surface area contributed by atoms with Gasteiger partial charge in [-0.1, -0.05) is 30.3 Å². The fourth-order valence-electron chi connectivity index (χ4n) is 3.05. The van der Waals surface area contributed by atoms with Crippen LogP contribution >= 0.6 is 0 Å². The maximum atomic E-state index is 12.6. The molecule has 1 aromatic carbocycles. The molecule has 0 radical (unpaired) electrons. The molecule has 1 atom stereocenters. The van der Waals surface area contributed by atoms with Crippen molar-refractivity contribution in [2.75, 3.05) is 0 Å². The van der Waals surface area contributed by atoms with Crippen LogP contribution in [-0.2, 0) is 11.3 Å². The van der Waals surface area contributed by atoms with E-state index >= 15 is 0 Å². The second-order valence-corrected chi connectivity index (χ2v) is 6.28. The van der Waals surface area contributed by atoms with Crippen molar-refractivity contribution in [3.05, 3.63) is 42.4 Å². The first-order valence-electron chi connectivity index (χ1n) is 7.72. The fourth-order valence-corrected chi connectivity index (χ4v) is 3.05. The van der Waals surface area contributed by atoms with Crippen LogP contribution in [0.3, 0.4) is 0 Å². The largest absolute Gasteiger partial charge is 0.439 e. The lowest BCUT2D eigenvalue weighted by atomic mass is 9.96. The van der Waals surface area contributed by atoms with Crippen LogP contribution in [0.4, 0.5) is 4.79 Å². The molecular formula is C17H17N3O3. The second kappa shape index (κ2) is 4.94. The number of amides is 3. The van der Waals surface area contributed by atoms with E-state index in [1.54, 1.807) is 13.1 Å². The van der Waals surface area contributed by atoms with E-state index in [2.05, 4.69) is 10.3 Å². The Hall–Kier alpha value is -2.63. The van der Waals surface area contributed by atoms with Gasteiger partial charge in [0, 0.05) is 5.56 Å². The zero-order valence-electron chi connectivity index (χ0n) is 12.8. The fraction of sp³-hybridized carbons (Fsp3) is 0.353. The summed E-state index contributed by atoms with van der Waals surface area (Å²) in [6.07, 6.45) is 3.57. The third-order valence-corrected chi connectivity index (χ3v) is 4.60. The molecule has 1 saturated carbocycles. The minimum atomic E-state index is -0.772. The predicted octanol–water partition coefficient (Wildman–Crippen LogP) is 2.56. The molecule has 6 heteroatoms. The number of oxazole rings is 1. The van der Waals surface area contributed by atoms with Crippen molar-refractivity contribution in [3.8, 4) is 11.3 Å². The summed E-state index contributed by atoms with van der Waals surface area (Å²) in [4.78, 5) is 30.1. The average molecular weight is 311 g/mol. The molecule has 2 aromatic rings. The van der Waals surface area contributed by atoms with E-state index < -0.39 is 5.54 Å². The number of rotatable bonds is 4. The van der Waals surface area contributed by atoms with E-state index in [0.717, 1.165) is 18.4 Å². The molecule has 2 heterocycles. The van der Waals surface area contributed by atoms with Gasteiger partial charge >= 0.3 is 6.03 Å². The Morgan fingerprint density at radius 3 is 2.74 bits per heavy atom. The molecule has 1 aromatic heterocycles. The molecule has 1 N–H and O–H groups in total. The SMILES string of the molecule is C[C@]1(C2CC2)NC(=O)N(Cc2ncc(-c3ccccc3)o2)C1=O. The first-order valence-corrected chi connectivity index (χ1v) is 7.72. The predicted molar refractivity (Wildman–Crippen MR) is 82.1 cm³/mol. The summed E-state index contributed by atoms with van der Waals surface area (Å²) in [5.74, 6) is 1.03. The van der Waals surface area contributed by atoms with Crippen LogP contribution in [0.1, 0.15) is 25.7 Å². The van der Waals surface area contributed by atoms with Crippen molar-refractivity contribution >= 4 is 11.9 Å². The number of imide groups is 1. The van der Waals surface area contributed by atoms with Gasteiger partial charge in [-0.15, -0.1) is 0 Å². The van der Waals surface area contributed by atoms with Gasteiger partial charge in [-0.2, -0.15) is 0 Å². The summed E-state index contributed by atoms with van der Waals surface area (Å²) in [5, 5.41) is 2.82. The van der Waals surface area contributed by atoms with E-state index in [9.17, 15) is 9.59 Å². The van der Waals surface area contributed by atoms with Crippen molar-refractivity contribution in [1.29, 1.82) is 0 Å². The number of aromatic nitrogens is 1. The molecule has 6 nitrogen and oxygen atoms in total. The van der Waals surface area contributed by atoms with Gasteiger partial charge in [0.25, 0.3) is 5.91 Å².